The zero-order valence-corrected chi connectivity index (χ0v) is 13.2. The van der Waals surface area contributed by atoms with Gasteiger partial charge in [-0.2, -0.15) is 0 Å². The summed E-state index contributed by atoms with van der Waals surface area (Å²) in [5, 5.41) is 0.511. The zero-order chi connectivity index (χ0) is 14.2. The van der Waals surface area contributed by atoms with Crippen molar-refractivity contribution < 1.29 is 9.47 Å². The van der Waals surface area contributed by atoms with E-state index in [2.05, 4.69) is 20.8 Å². The normalized spacial score (nSPS) is 32.3. The number of hydrogen-bond acceptors (Lipinski definition) is 2. The molecule has 2 rings (SSSR count). The molecule has 106 valence electrons. The van der Waals surface area contributed by atoms with Gasteiger partial charge in [-0.15, -0.1) is 11.6 Å². The van der Waals surface area contributed by atoms with Crippen molar-refractivity contribution in [2.75, 3.05) is 7.11 Å². The van der Waals surface area contributed by atoms with Gasteiger partial charge in [-0.05, 0) is 38.0 Å². The van der Waals surface area contributed by atoms with Crippen molar-refractivity contribution in [3.05, 3.63) is 28.8 Å². The first kappa shape index (κ1) is 15.0. The minimum absolute atomic E-state index is 0.135. The first-order valence-electron chi connectivity index (χ1n) is 6.58. The maximum absolute atomic E-state index is 6.70. The average Bonchev–Trinajstić information content (AvgIpc) is 2.62. The Labute approximate surface area is 125 Å². The van der Waals surface area contributed by atoms with Crippen LogP contribution < -0.4 is 4.74 Å². The number of benzene rings is 1. The van der Waals surface area contributed by atoms with Gasteiger partial charge in [-0.1, -0.05) is 18.5 Å². The molecule has 0 radical (unpaired) electrons. The van der Waals surface area contributed by atoms with Crippen molar-refractivity contribution in [2.24, 2.45) is 11.8 Å². The van der Waals surface area contributed by atoms with Crippen molar-refractivity contribution >= 4 is 23.2 Å². The van der Waals surface area contributed by atoms with Crippen LogP contribution in [0.25, 0.3) is 0 Å². The standard InChI is InChI=1S/C15H20Cl2O2/c1-8-9(2)19-10(3)14(8)15(17)12-7-11(16)5-6-13(12)18-4/h5-10,14-15H,1-4H3. The molecule has 0 aliphatic carbocycles. The molecular formula is C15H20Cl2O2. The fourth-order valence-electron chi connectivity index (χ4n) is 2.93. The first-order chi connectivity index (χ1) is 8.95. The Morgan fingerprint density at radius 1 is 1.21 bits per heavy atom. The number of halogens is 2. The molecule has 1 aromatic rings. The minimum Gasteiger partial charge on any atom is -0.496 e. The van der Waals surface area contributed by atoms with Gasteiger partial charge in [0.25, 0.3) is 0 Å². The van der Waals surface area contributed by atoms with Crippen LogP contribution in [0.4, 0.5) is 0 Å². The van der Waals surface area contributed by atoms with E-state index in [0.717, 1.165) is 11.3 Å². The van der Waals surface area contributed by atoms with E-state index in [-0.39, 0.29) is 23.5 Å². The SMILES string of the molecule is COc1ccc(Cl)cc1C(Cl)C1C(C)OC(C)C1C. The molecule has 1 aliphatic heterocycles. The summed E-state index contributed by atoms with van der Waals surface area (Å²) < 4.78 is 11.3. The minimum atomic E-state index is -0.163. The van der Waals surface area contributed by atoms with E-state index in [4.69, 9.17) is 32.7 Å². The van der Waals surface area contributed by atoms with Crippen molar-refractivity contribution in [2.45, 2.75) is 38.4 Å². The predicted molar refractivity (Wildman–Crippen MR) is 79.3 cm³/mol. The molecule has 4 heteroatoms. The smallest absolute Gasteiger partial charge is 0.123 e. The van der Waals surface area contributed by atoms with Gasteiger partial charge in [0.2, 0.25) is 0 Å². The Morgan fingerprint density at radius 2 is 1.89 bits per heavy atom. The molecule has 5 atom stereocenters. The van der Waals surface area contributed by atoms with E-state index in [0.29, 0.717) is 10.9 Å². The molecule has 2 nitrogen and oxygen atoms in total. The lowest BCUT2D eigenvalue weighted by atomic mass is 9.84. The second kappa shape index (κ2) is 5.90. The number of ether oxygens (including phenoxy) is 2. The highest BCUT2D eigenvalue weighted by Crippen LogP contribution is 2.46. The van der Waals surface area contributed by atoms with Gasteiger partial charge >= 0.3 is 0 Å². The summed E-state index contributed by atoms with van der Waals surface area (Å²) in [6.45, 7) is 6.36. The molecule has 0 amide bonds. The summed E-state index contributed by atoms with van der Waals surface area (Å²) in [6.07, 6.45) is 0.364. The van der Waals surface area contributed by atoms with E-state index in [1.807, 2.05) is 18.2 Å². The van der Waals surface area contributed by atoms with Crippen LogP contribution in [-0.4, -0.2) is 19.3 Å². The summed E-state index contributed by atoms with van der Waals surface area (Å²) in [5.74, 6) is 1.44. The van der Waals surface area contributed by atoms with E-state index in [1.54, 1.807) is 7.11 Å². The zero-order valence-electron chi connectivity index (χ0n) is 11.7. The number of hydrogen-bond donors (Lipinski definition) is 0. The molecule has 0 aromatic heterocycles. The fourth-order valence-corrected chi connectivity index (χ4v) is 3.71. The van der Waals surface area contributed by atoms with Crippen LogP contribution in [0.5, 0.6) is 5.75 Å². The molecule has 1 fully saturated rings. The number of methoxy groups -OCH3 is 1. The van der Waals surface area contributed by atoms with Gasteiger partial charge in [0.1, 0.15) is 5.75 Å². The second-order valence-electron chi connectivity index (χ2n) is 5.27. The highest BCUT2D eigenvalue weighted by atomic mass is 35.5. The maximum Gasteiger partial charge on any atom is 0.123 e. The van der Waals surface area contributed by atoms with Gasteiger partial charge in [0.15, 0.2) is 0 Å². The van der Waals surface area contributed by atoms with E-state index >= 15 is 0 Å². The third kappa shape index (κ3) is 2.86. The average molecular weight is 303 g/mol. The second-order valence-corrected chi connectivity index (χ2v) is 6.18. The van der Waals surface area contributed by atoms with Crippen LogP contribution in [-0.2, 0) is 4.74 Å². The van der Waals surface area contributed by atoms with Crippen molar-refractivity contribution in [3.63, 3.8) is 0 Å². The molecule has 0 saturated carbocycles. The van der Waals surface area contributed by atoms with Gasteiger partial charge in [0, 0.05) is 16.5 Å². The molecule has 19 heavy (non-hydrogen) atoms. The van der Waals surface area contributed by atoms with Crippen LogP contribution in [0.15, 0.2) is 18.2 Å². The van der Waals surface area contributed by atoms with E-state index < -0.39 is 0 Å². The molecule has 0 spiro atoms. The lowest BCUT2D eigenvalue weighted by Gasteiger charge is -2.25. The van der Waals surface area contributed by atoms with Gasteiger partial charge in [-0.25, -0.2) is 0 Å². The molecular weight excluding hydrogens is 283 g/mol. The van der Waals surface area contributed by atoms with Crippen LogP contribution >= 0.6 is 23.2 Å². The maximum atomic E-state index is 6.70. The number of alkyl halides is 1. The Kier molecular flexibility index (Phi) is 4.65. The van der Waals surface area contributed by atoms with Gasteiger partial charge in [0.05, 0.1) is 24.7 Å². The first-order valence-corrected chi connectivity index (χ1v) is 7.40. The quantitative estimate of drug-likeness (QED) is 0.754. The predicted octanol–water partition coefficient (Wildman–Crippen LogP) is 4.69. The summed E-state index contributed by atoms with van der Waals surface area (Å²) in [5.41, 5.74) is 0.943. The molecule has 0 N–H and O–H groups in total. The molecule has 0 bridgehead atoms. The van der Waals surface area contributed by atoms with Crippen LogP contribution in [0, 0.1) is 11.8 Å². The lowest BCUT2D eigenvalue weighted by Crippen LogP contribution is -2.22. The van der Waals surface area contributed by atoms with Crippen LogP contribution in [0.2, 0.25) is 5.02 Å². The van der Waals surface area contributed by atoms with Gasteiger partial charge in [-0.3, -0.25) is 0 Å². The highest BCUT2D eigenvalue weighted by molar-refractivity contribution is 6.31. The molecule has 1 aromatic carbocycles. The molecule has 5 unspecified atom stereocenters. The van der Waals surface area contributed by atoms with Crippen molar-refractivity contribution in [3.8, 4) is 5.75 Å². The van der Waals surface area contributed by atoms with E-state index in [9.17, 15) is 0 Å². The summed E-state index contributed by atoms with van der Waals surface area (Å²) >= 11 is 12.8. The summed E-state index contributed by atoms with van der Waals surface area (Å²) in [4.78, 5) is 0. The Balaban J connectivity index is 2.33. The van der Waals surface area contributed by atoms with Gasteiger partial charge < -0.3 is 9.47 Å². The topological polar surface area (TPSA) is 18.5 Å². The van der Waals surface area contributed by atoms with Crippen LogP contribution in [0.1, 0.15) is 31.7 Å². The van der Waals surface area contributed by atoms with Crippen molar-refractivity contribution in [1.29, 1.82) is 0 Å². The van der Waals surface area contributed by atoms with E-state index in [1.165, 1.54) is 0 Å². The highest BCUT2D eigenvalue weighted by Gasteiger charge is 2.42. The summed E-state index contributed by atoms with van der Waals surface area (Å²) in [7, 11) is 1.65. The Hall–Kier alpha value is -0.440. The largest absolute Gasteiger partial charge is 0.496 e. The Bertz CT molecular complexity index is 450. The molecule has 1 aliphatic rings. The molecule has 1 heterocycles. The third-order valence-electron chi connectivity index (χ3n) is 4.15. The number of rotatable bonds is 3. The Morgan fingerprint density at radius 3 is 2.42 bits per heavy atom. The monoisotopic (exact) mass is 302 g/mol. The third-order valence-corrected chi connectivity index (χ3v) is 4.91. The fraction of sp³-hybridized carbons (Fsp3) is 0.600. The summed E-state index contributed by atoms with van der Waals surface area (Å²) in [6, 6.07) is 5.57. The van der Waals surface area contributed by atoms with Crippen molar-refractivity contribution in [1.82, 2.24) is 0 Å². The lowest BCUT2D eigenvalue weighted by molar-refractivity contribution is 0.0507. The molecule has 1 saturated heterocycles. The van der Waals surface area contributed by atoms with Crippen LogP contribution in [0.3, 0.4) is 0 Å².